The van der Waals surface area contributed by atoms with Gasteiger partial charge in [-0.05, 0) is 24.1 Å². The number of benzene rings is 1. The van der Waals surface area contributed by atoms with Gasteiger partial charge in [-0.15, -0.1) is 0 Å². The zero-order chi connectivity index (χ0) is 9.80. The van der Waals surface area contributed by atoms with Crippen molar-refractivity contribution in [1.82, 2.24) is 4.31 Å². The fourth-order valence-electron chi connectivity index (χ4n) is 1.39. The van der Waals surface area contributed by atoms with Crippen molar-refractivity contribution in [3.63, 3.8) is 0 Å². The Hall–Kier alpha value is -0.445. The summed E-state index contributed by atoms with van der Waals surface area (Å²) in [6.45, 7) is 3.77. The smallest absolute Gasteiger partial charge is 0.139 e. The Bertz CT molecular complexity index is 285. The lowest BCUT2D eigenvalue weighted by Crippen LogP contribution is -2.30. The van der Waals surface area contributed by atoms with Gasteiger partial charge in [-0.3, -0.25) is 0 Å². The SMILES string of the molecule is Bc1ccc(SN2CCOCC2)cc1. The van der Waals surface area contributed by atoms with Crippen LogP contribution in [-0.4, -0.2) is 38.5 Å². The lowest BCUT2D eigenvalue weighted by Gasteiger charge is -2.25. The highest BCUT2D eigenvalue weighted by molar-refractivity contribution is 7.97. The molecule has 0 atom stereocenters. The second-order valence-corrected chi connectivity index (χ2v) is 4.62. The van der Waals surface area contributed by atoms with E-state index in [4.69, 9.17) is 4.74 Å². The van der Waals surface area contributed by atoms with Crippen molar-refractivity contribution in [3.8, 4) is 0 Å². The summed E-state index contributed by atoms with van der Waals surface area (Å²) in [6, 6.07) is 8.66. The normalized spacial score (nSPS) is 18.3. The molecule has 0 saturated carbocycles. The van der Waals surface area contributed by atoms with Crippen LogP contribution in [0, 0.1) is 0 Å². The first-order valence-electron chi connectivity index (χ1n) is 4.92. The molecule has 2 rings (SSSR count). The maximum Gasteiger partial charge on any atom is 0.139 e. The second kappa shape index (κ2) is 4.87. The van der Waals surface area contributed by atoms with Crippen molar-refractivity contribution < 1.29 is 4.74 Å². The predicted molar refractivity (Wildman–Crippen MR) is 62.9 cm³/mol. The van der Waals surface area contributed by atoms with Crippen molar-refractivity contribution in [1.29, 1.82) is 0 Å². The number of hydrogen-bond donors (Lipinski definition) is 0. The molecule has 1 aliphatic heterocycles. The first kappa shape index (κ1) is 10.1. The zero-order valence-electron chi connectivity index (χ0n) is 8.40. The lowest BCUT2D eigenvalue weighted by atomic mass is 9.97. The van der Waals surface area contributed by atoms with Gasteiger partial charge in [-0.1, -0.05) is 17.6 Å². The van der Waals surface area contributed by atoms with Crippen LogP contribution in [0.4, 0.5) is 0 Å². The van der Waals surface area contributed by atoms with E-state index in [0.29, 0.717) is 0 Å². The van der Waals surface area contributed by atoms with Gasteiger partial charge in [-0.2, -0.15) is 0 Å². The molecule has 0 aliphatic carbocycles. The Morgan fingerprint density at radius 1 is 1.14 bits per heavy atom. The first-order valence-corrected chi connectivity index (χ1v) is 5.69. The Morgan fingerprint density at radius 3 is 2.43 bits per heavy atom. The molecule has 1 aromatic carbocycles. The third-order valence-electron chi connectivity index (χ3n) is 2.23. The van der Waals surface area contributed by atoms with Crippen molar-refractivity contribution >= 4 is 25.3 Å². The van der Waals surface area contributed by atoms with Crippen LogP contribution in [0.15, 0.2) is 29.2 Å². The van der Waals surface area contributed by atoms with Crippen LogP contribution in [0.1, 0.15) is 0 Å². The van der Waals surface area contributed by atoms with Crippen LogP contribution in [0.5, 0.6) is 0 Å². The summed E-state index contributed by atoms with van der Waals surface area (Å²) in [6.07, 6.45) is 0. The number of ether oxygens (including phenoxy) is 1. The van der Waals surface area contributed by atoms with E-state index in [1.54, 1.807) is 0 Å². The minimum Gasteiger partial charge on any atom is -0.379 e. The summed E-state index contributed by atoms with van der Waals surface area (Å²) in [5, 5.41) is 0. The molecule has 2 nitrogen and oxygen atoms in total. The molecule has 0 radical (unpaired) electrons. The van der Waals surface area contributed by atoms with Gasteiger partial charge in [0.05, 0.1) is 13.2 Å². The fraction of sp³-hybridized carbons (Fsp3) is 0.400. The zero-order valence-corrected chi connectivity index (χ0v) is 9.22. The van der Waals surface area contributed by atoms with E-state index in [9.17, 15) is 0 Å². The van der Waals surface area contributed by atoms with Gasteiger partial charge in [0.1, 0.15) is 7.85 Å². The Balaban J connectivity index is 1.92. The average Bonchev–Trinajstić information content (AvgIpc) is 2.23. The van der Waals surface area contributed by atoms with Gasteiger partial charge in [0.2, 0.25) is 0 Å². The number of morpholine rings is 1. The third kappa shape index (κ3) is 2.77. The van der Waals surface area contributed by atoms with Crippen LogP contribution >= 0.6 is 11.9 Å². The molecular weight excluding hydrogens is 193 g/mol. The summed E-state index contributed by atoms with van der Waals surface area (Å²) >= 11 is 1.83. The third-order valence-corrected chi connectivity index (χ3v) is 3.33. The second-order valence-electron chi connectivity index (χ2n) is 3.45. The number of rotatable bonds is 2. The summed E-state index contributed by atoms with van der Waals surface area (Å²) in [7, 11) is 2.11. The average molecular weight is 207 g/mol. The van der Waals surface area contributed by atoms with E-state index in [1.807, 2.05) is 11.9 Å². The summed E-state index contributed by atoms with van der Waals surface area (Å²) in [5.41, 5.74) is 1.32. The van der Waals surface area contributed by atoms with E-state index in [1.165, 1.54) is 10.4 Å². The fourth-order valence-corrected chi connectivity index (χ4v) is 2.27. The van der Waals surface area contributed by atoms with Crippen molar-refractivity contribution in [2.45, 2.75) is 4.90 Å². The summed E-state index contributed by atoms with van der Waals surface area (Å²) in [4.78, 5) is 1.32. The Kier molecular flexibility index (Phi) is 3.51. The standard InChI is InChI=1S/C10H14BNOS/c11-9-1-3-10(4-2-9)14-12-5-7-13-8-6-12/h1-4H,5-8,11H2. The molecule has 14 heavy (non-hydrogen) atoms. The Morgan fingerprint density at radius 2 is 1.79 bits per heavy atom. The molecule has 0 aromatic heterocycles. The molecule has 1 heterocycles. The molecular formula is C10H14BNOS. The molecule has 0 bridgehead atoms. The molecule has 1 aromatic rings. The number of hydrogen-bond acceptors (Lipinski definition) is 3. The first-order chi connectivity index (χ1) is 6.84. The van der Waals surface area contributed by atoms with E-state index in [-0.39, 0.29) is 0 Å². The van der Waals surface area contributed by atoms with E-state index >= 15 is 0 Å². The van der Waals surface area contributed by atoms with Crippen molar-refractivity contribution in [2.75, 3.05) is 26.3 Å². The lowest BCUT2D eigenvalue weighted by molar-refractivity contribution is 0.0773. The van der Waals surface area contributed by atoms with Crippen LogP contribution in [0.3, 0.4) is 0 Å². The van der Waals surface area contributed by atoms with E-state index in [2.05, 4.69) is 36.4 Å². The molecule has 74 valence electrons. The summed E-state index contributed by atoms with van der Waals surface area (Å²) in [5.74, 6) is 0. The highest BCUT2D eigenvalue weighted by Gasteiger charge is 2.10. The molecule has 1 aliphatic rings. The highest BCUT2D eigenvalue weighted by Crippen LogP contribution is 2.22. The molecule has 0 N–H and O–H groups in total. The summed E-state index contributed by atoms with van der Waals surface area (Å²) < 4.78 is 7.66. The number of nitrogens with zero attached hydrogens (tertiary/aromatic N) is 1. The van der Waals surface area contributed by atoms with E-state index in [0.717, 1.165) is 26.3 Å². The topological polar surface area (TPSA) is 12.5 Å². The minimum absolute atomic E-state index is 0.860. The highest BCUT2D eigenvalue weighted by atomic mass is 32.2. The van der Waals surface area contributed by atoms with Crippen LogP contribution < -0.4 is 5.46 Å². The molecule has 0 spiro atoms. The minimum atomic E-state index is 0.860. The maximum absolute atomic E-state index is 5.30. The van der Waals surface area contributed by atoms with Gasteiger partial charge in [0.15, 0.2) is 0 Å². The van der Waals surface area contributed by atoms with Crippen LogP contribution in [-0.2, 0) is 4.74 Å². The predicted octanol–water partition coefficient (Wildman–Crippen LogP) is 0.284. The van der Waals surface area contributed by atoms with Crippen molar-refractivity contribution in [3.05, 3.63) is 24.3 Å². The molecule has 1 fully saturated rings. The Labute approximate surface area is 90.2 Å². The largest absolute Gasteiger partial charge is 0.379 e. The molecule has 0 unspecified atom stereocenters. The van der Waals surface area contributed by atoms with Gasteiger partial charge in [-0.25, -0.2) is 4.31 Å². The van der Waals surface area contributed by atoms with Crippen LogP contribution in [0.2, 0.25) is 0 Å². The maximum atomic E-state index is 5.30. The van der Waals surface area contributed by atoms with Crippen LogP contribution in [0.25, 0.3) is 0 Å². The quantitative estimate of drug-likeness (QED) is 0.510. The van der Waals surface area contributed by atoms with Gasteiger partial charge >= 0.3 is 0 Å². The molecule has 0 amide bonds. The van der Waals surface area contributed by atoms with Gasteiger partial charge < -0.3 is 4.74 Å². The van der Waals surface area contributed by atoms with Gasteiger partial charge in [0.25, 0.3) is 0 Å². The molecule has 4 heteroatoms. The van der Waals surface area contributed by atoms with Crippen molar-refractivity contribution in [2.24, 2.45) is 0 Å². The molecule has 1 saturated heterocycles. The van der Waals surface area contributed by atoms with E-state index < -0.39 is 0 Å². The van der Waals surface area contributed by atoms with Gasteiger partial charge in [0, 0.05) is 18.0 Å². The monoisotopic (exact) mass is 207 g/mol.